The molecule has 0 fully saturated rings. The van der Waals surface area contributed by atoms with E-state index in [0.717, 1.165) is 6.42 Å². The van der Waals surface area contributed by atoms with Crippen molar-refractivity contribution < 1.29 is 14.3 Å². The summed E-state index contributed by atoms with van der Waals surface area (Å²) in [6.07, 6.45) is 0.766. The van der Waals surface area contributed by atoms with E-state index in [-0.39, 0.29) is 18.4 Å². The summed E-state index contributed by atoms with van der Waals surface area (Å²) in [5, 5.41) is 2.51. The van der Waals surface area contributed by atoms with Crippen LogP contribution in [0.25, 0.3) is 0 Å². The number of ether oxygens (including phenoxy) is 1. The van der Waals surface area contributed by atoms with Gasteiger partial charge in [-0.05, 0) is 18.6 Å². The monoisotopic (exact) mass is 279 g/mol. The minimum atomic E-state index is -0.235. The van der Waals surface area contributed by atoms with Crippen molar-refractivity contribution in [3.63, 3.8) is 0 Å². The summed E-state index contributed by atoms with van der Waals surface area (Å²) < 4.78 is 5.10. The molecule has 0 aliphatic rings. The van der Waals surface area contributed by atoms with Gasteiger partial charge in [0, 0.05) is 30.9 Å². The van der Waals surface area contributed by atoms with Crippen LogP contribution in [-0.4, -0.2) is 44.0 Å². The van der Waals surface area contributed by atoms with E-state index in [9.17, 15) is 9.59 Å². The summed E-state index contributed by atoms with van der Waals surface area (Å²) in [6.45, 7) is 2.48. The lowest BCUT2D eigenvalue weighted by Gasteiger charge is -2.21. The Hall–Kier alpha value is -2.24. The van der Waals surface area contributed by atoms with Crippen molar-refractivity contribution in [3.8, 4) is 5.75 Å². The van der Waals surface area contributed by atoms with Gasteiger partial charge in [0.25, 0.3) is 5.91 Å². The second kappa shape index (κ2) is 7.37. The van der Waals surface area contributed by atoms with Crippen molar-refractivity contribution in [2.75, 3.05) is 33.0 Å². The van der Waals surface area contributed by atoms with Gasteiger partial charge in [0.15, 0.2) is 0 Å². The Morgan fingerprint density at radius 3 is 2.60 bits per heavy atom. The van der Waals surface area contributed by atoms with Gasteiger partial charge < -0.3 is 20.7 Å². The van der Waals surface area contributed by atoms with Gasteiger partial charge in [-0.2, -0.15) is 0 Å². The number of carbonyl (C=O) groups is 2. The highest BCUT2D eigenvalue weighted by atomic mass is 16.5. The number of hydrogen-bond acceptors (Lipinski definition) is 4. The average molecular weight is 279 g/mol. The quantitative estimate of drug-likeness (QED) is 0.757. The van der Waals surface area contributed by atoms with Crippen LogP contribution in [0.3, 0.4) is 0 Å². The van der Waals surface area contributed by atoms with Crippen LogP contribution in [0.4, 0.5) is 5.69 Å². The molecule has 1 rings (SSSR count). The Labute approximate surface area is 118 Å². The zero-order chi connectivity index (χ0) is 15.1. The number of likely N-dealkylation sites (N-methyl/N-ethyl adjacent to an activating group) is 1. The average Bonchev–Trinajstić information content (AvgIpc) is 2.45. The lowest BCUT2D eigenvalue weighted by molar-refractivity contribution is -0.121. The molecule has 0 atom stereocenters. The molecule has 0 saturated carbocycles. The minimum absolute atomic E-state index is 0.0281. The molecule has 2 amide bonds. The summed E-state index contributed by atoms with van der Waals surface area (Å²) in [4.78, 5) is 25.4. The molecule has 6 heteroatoms. The van der Waals surface area contributed by atoms with Crippen molar-refractivity contribution in [2.45, 2.75) is 13.3 Å². The molecule has 0 heterocycles. The fraction of sp³-hybridized carbons (Fsp3) is 0.429. The van der Waals surface area contributed by atoms with Gasteiger partial charge >= 0.3 is 0 Å². The SMILES string of the molecule is CCCN(CC(=O)NC)C(=O)c1cc(N)cc(OC)c1. The molecule has 3 N–H and O–H groups in total. The summed E-state index contributed by atoms with van der Waals surface area (Å²) in [5.41, 5.74) is 6.61. The number of nitrogens with zero attached hydrogens (tertiary/aromatic N) is 1. The molecule has 20 heavy (non-hydrogen) atoms. The first kappa shape index (κ1) is 15.8. The second-order valence-electron chi connectivity index (χ2n) is 4.39. The van der Waals surface area contributed by atoms with Crippen molar-refractivity contribution >= 4 is 17.5 Å². The van der Waals surface area contributed by atoms with Crippen LogP contribution in [0.5, 0.6) is 5.75 Å². The van der Waals surface area contributed by atoms with Crippen molar-refractivity contribution in [3.05, 3.63) is 23.8 Å². The Bertz CT molecular complexity index is 489. The Balaban J connectivity index is 2.99. The van der Waals surface area contributed by atoms with Gasteiger partial charge in [0.05, 0.1) is 13.7 Å². The van der Waals surface area contributed by atoms with Crippen LogP contribution in [0.1, 0.15) is 23.7 Å². The lowest BCUT2D eigenvalue weighted by Crippen LogP contribution is -2.40. The number of amides is 2. The summed E-state index contributed by atoms with van der Waals surface area (Å²) in [6, 6.07) is 4.84. The van der Waals surface area contributed by atoms with Crippen LogP contribution < -0.4 is 15.8 Å². The standard InChI is InChI=1S/C14H21N3O3/c1-4-5-17(9-13(18)16-2)14(19)10-6-11(15)8-12(7-10)20-3/h6-8H,4-5,9,15H2,1-3H3,(H,16,18). The van der Waals surface area contributed by atoms with Gasteiger partial charge in [-0.15, -0.1) is 0 Å². The highest BCUT2D eigenvalue weighted by Crippen LogP contribution is 2.19. The molecule has 0 aromatic heterocycles. The molecular weight excluding hydrogens is 258 g/mol. The maximum Gasteiger partial charge on any atom is 0.254 e. The number of rotatable bonds is 6. The molecule has 110 valence electrons. The van der Waals surface area contributed by atoms with E-state index >= 15 is 0 Å². The fourth-order valence-electron chi connectivity index (χ4n) is 1.82. The minimum Gasteiger partial charge on any atom is -0.497 e. The summed E-state index contributed by atoms with van der Waals surface area (Å²) in [5.74, 6) is 0.0773. The molecule has 0 aliphatic heterocycles. The van der Waals surface area contributed by atoms with Crippen LogP contribution in [0.15, 0.2) is 18.2 Å². The molecule has 0 bridgehead atoms. The van der Waals surface area contributed by atoms with Crippen LogP contribution in [0.2, 0.25) is 0 Å². The molecule has 0 spiro atoms. The first-order valence-corrected chi connectivity index (χ1v) is 6.46. The van der Waals surface area contributed by atoms with E-state index < -0.39 is 0 Å². The van der Waals surface area contributed by atoms with Crippen LogP contribution in [0, 0.1) is 0 Å². The predicted molar refractivity (Wildman–Crippen MR) is 77.7 cm³/mol. The fourth-order valence-corrected chi connectivity index (χ4v) is 1.82. The Morgan fingerprint density at radius 1 is 1.35 bits per heavy atom. The van der Waals surface area contributed by atoms with Crippen LogP contribution >= 0.6 is 0 Å². The zero-order valence-corrected chi connectivity index (χ0v) is 12.1. The van der Waals surface area contributed by atoms with Gasteiger partial charge in [-0.3, -0.25) is 9.59 Å². The maximum atomic E-state index is 12.4. The van der Waals surface area contributed by atoms with Crippen molar-refractivity contribution in [2.24, 2.45) is 0 Å². The molecule has 1 aromatic carbocycles. The lowest BCUT2D eigenvalue weighted by atomic mass is 10.1. The number of hydrogen-bond donors (Lipinski definition) is 2. The predicted octanol–water partition coefficient (Wildman–Crippen LogP) is 0.876. The van der Waals surface area contributed by atoms with Crippen molar-refractivity contribution in [1.29, 1.82) is 0 Å². The Kier molecular flexibility index (Phi) is 5.83. The van der Waals surface area contributed by atoms with Gasteiger partial charge in [0.1, 0.15) is 5.75 Å². The zero-order valence-electron chi connectivity index (χ0n) is 12.1. The number of benzene rings is 1. The van der Waals surface area contributed by atoms with Gasteiger partial charge in [-0.25, -0.2) is 0 Å². The number of nitrogens with two attached hydrogens (primary N) is 1. The van der Waals surface area contributed by atoms with E-state index in [0.29, 0.717) is 23.5 Å². The largest absolute Gasteiger partial charge is 0.497 e. The van der Waals surface area contributed by atoms with E-state index in [2.05, 4.69) is 5.32 Å². The number of methoxy groups -OCH3 is 1. The number of nitrogens with one attached hydrogen (secondary N) is 1. The smallest absolute Gasteiger partial charge is 0.254 e. The van der Waals surface area contributed by atoms with Gasteiger partial charge in [0.2, 0.25) is 5.91 Å². The third-order valence-corrected chi connectivity index (χ3v) is 2.81. The third kappa shape index (κ3) is 4.15. The number of anilines is 1. The van der Waals surface area contributed by atoms with Crippen molar-refractivity contribution in [1.82, 2.24) is 10.2 Å². The highest BCUT2D eigenvalue weighted by molar-refractivity contribution is 5.97. The number of carbonyl (C=O) groups excluding carboxylic acids is 2. The topological polar surface area (TPSA) is 84.7 Å². The molecule has 0 saturated heterocycles. The summed E-state index contributed by atoms with van der Waals surface area (Å²) in [7, 11) is 3.05. The van der Waals surface area contributed by atoms with Crippen LogP contribution in [-0.2, 0) is 4.79 Å². The molecule has 6 nitrogen and oxygen atoms in total. The first-order chi connectivity index (χ1) is 9.51. The second-order valence-corrected chi connectivity index (χ2v) is 4.39. The van der Waals surface area contributed by atoms with E-state index in [1.807, 2.05) is 6.92 Å². The van der Waals surface area contributed by atoms with Gasteiger partial charge in [-0.1, -0.05) is 6.92 Å². The van der Waals surface area contributed by atoms with E-state index in [1.165, 1.54) is 12.0 Å². The first-order valence-electron chi connectivity index (χ1n) is 6.46. The molecule has 0 unspecified atom stereocenters. The molecule has 1 aromatic rings. The molecular formula is C14H21N3O3. The van der Waals surface area contributed by atoms with E-state index in [1.54, 1.807) is 25.2 Å². The third-order valence-electron chi connectivity index (χ3n) is 2.81. The normalized spacial score (nSPS) is 9.95. The Morgan fingerprint density at radius 2 is 2.05 bits per heavy atom. The maximum absolute atomic E-state index is 12.4. The van der Waals surface area contributed by atoms with E-state index in [4.69, 9.17) is 10.5 Å². The highest BCUT2D eigenvalue weighted by Gasteiger charge is 2.18. The molecule has 0 radical (unpaired) electrons. The summed E-state index contributed by atoms with van der Waals surface area (Å²) >= 11 is 0. The molecule has 0 aliphatic carbocycles. The number of nitrogen functional groups attached to an aromatic ring is 1.